The van der Waals surface area contributed by atoms with E-state index in [9.17, 15) is 0 Å². The number of aromatic nitrogens is 3. The Balaban J connectivity index is 2.23. The Labute approximate surface area is 269 Å². The van der Waals surface area contributed by atoms with Crippen molar-refractivity contribution in [1.82, 2.24) is 19.9 Å². The summed E-state index contributed by atoms with van der Waals surface area (Å²) in [6.07, 6.45) is 33.9. The molecule has 42 heavy (non-hydrogen) atoms. The summed E-state index contributed by atoms with van der Waals surface area (Å²) >= 11 is 3.52. The maximum atomic E-state index is 5.94. The molecule has 0 saturated heterocycles. The maximum Gasteiger partial charge on any atom is 0.321 e. The number of unbranched alkanes of at least 4 members (excludes halogenated alkanes) is 18. The predicted octanol–water partition coefficient (Wildman–Crippen LogP) is 11.2. The molecule has 0 bridgehead atoms. The fraction of sp³-hybridized carbons (Fsp3) is 0.857. The van der Waals surface area contributed by atoms with Crippen LogP contribution in [0.2, 0.25) is 0 Å². The fourth-order valence-electron chi connectivity index (χ4n) is 4.79. The zero-order valence-electron chi connectivity index (χ0n) is 28.1. The second kappa shape index (κ2) is 30.2. The number of thioether (sulfide) groups is 2. The first-order chi connectivity index (χ1) is 20.7. The van der Waals surface area contributed by atoms with Gasteiger partial charge in [0.1, 0.15) is 0 Å². The van der Waals surface area contributed by atoms with Gasteiger partial charge < -0.3 is 9.64 Å². The zero-order valence-corrected chi connectivity index (χ0v) is 29.7. The van der Waals surface area contributed by atoms with E-state index in [1.165, 1.54) is 135 Å². The van der Waals surface area contributed by atoms with Gasteiger partial charge in [-0.3, -0.25) is 0 Å². The Kier molecular flexibility index (Phi) is 28.3. The van der Waals surface area contributed by atoms with Gasteiger partial charge in [-0.15, -0.1) is 0 Å². The minimum absolute atomic E-state index is 0.495. The van der Waals surface area contributed by atoms with Gasteiger partial charge in [-0.05, 0) is 59.0 Å². The van der Waals surface area contributed by atoms with E-state index >= 15 is 0 Å². The van der Waals surface area contributed by atoms with E-state index in [0.29, 0.717) is 12.6 Å². The van der Waals surface area contributed by atoms with Gasteiger partial charge >= 0.3 is 6.01 Å². The molecule has 0 radical (unpaired) electrons. The predicted molar refractivity (Wildman–Crippen MR) is 187 cm³/mol. The summed E-state index contributed by atoms with van der Waals surface area (Å²) in [6.45, 7) is 6.21. The van der Waals surface area contributed by atoms with Crippen molar-refractivity contribution in [2.24, 2.45) is 0 Å². The Bertz CT molecular complexity index is 748. The molecule has 0 unspecified atom stereocenters. The highest BCUT2D eigenvalue weighted by molar-refractivity contribution is 7.99. The van der Waals surface area contributed by atoms with Crippen molar-refractivity contribution in [1.29, 1.82) is 0 Å². The van der Waals surface area contributed by atoms with E-state index in [-0.39, 0.29) is 0 Å². The van der Waals surface area contributed by atoms with Crippen LogP contribution < -0.4 is 4.74 Å². The van der Waals surface area contributed by atoms with Crippen molar-refractivity contribution in [2.45, 2.75) is 165 Å². The van der Waals surface area contributed by atoms with Crippen molar-refractivity contribution in [3.8, 4) is 6.01 Å². The molecule has 0 amide bonds. The average molecular weight is 623 g/mol. The number of hydrogen-bond acceptors (Lipinski definition) is 7. The molecule has 0 spiro atoms. The van der Waals surface area contributed by atoms with Gasteiger partial charge in [0, 0.05) is 18.1 Å². The lowest BCUT2D eigenvalue weighted by atomic mass is 10.1. The van der Waals surface area contributed by atoms with Gasteiger partial charge in [-0.25, -0.2) is 0 Å². The molecule has 244 valence electrons. The Hall–Kier alpha value is -0.790. The molecule has 1 heterocycles. The van der Waals surface area contributed by atoms with Crippen LogP contribution in [-0.4, -0.2) is 58.6 Å². The second-order valence-electron chi connectivity index (χ2n) is 11.9. The van der Waals surface area contributed by atoms with E-state index in [0.717, 1.165) is 34.8 Å². The third-order valence-corrected chi connectivity index (χ3v) is 9.29. The summed E-state index contributed by atoms with van der Waals surface area (Å²) in [5, 5.41) is 1.64. The lowest BCUT2D eigenvalue weighted by molar-refractivity contribution is 0.258. The van der Waals surface area contributed by atoms with Crippen LogP contribution in [0, 0.1) is 0 Å². The lowest BCUT2D eigenvalue weighted by Crippen LogP contribution is -2.16. The summed E-state index contributed by atoms with van der Waals surface area (Å²) in [5.41, 5.74) is 0. The molecule has 7 heteroatoms. The van der Waals surface area contributed by atoms with Crippen molar-refractivity contribution >= 4 is 23.5 Å². The van der Waals surface area contributed by atoms with Crippen molar-refractivity contribution in [3.63, 3.8) is 0 Å². The molecule has 0 aliphatic rings. The van der Waals surface area contributed by atoms with E-state index < -0.39 is 0 Å². The largest absolute Gasteiger partial charge is 0.463 e. The zero-order chi connectivity index (χ0) is 30.4. The lowest BCUT2D eigenvalue weighted by Gasteiger charge is -2.10. The number of ether oxygens (including phenoxy) is 1. The molecule has 1 aromatic heterocycles. The summed E-state index contributed by atoms with van der Waals surface area (Å²) in [4.78, 5) is 16.2. The molecular formula is C35H66N4OS2. The normalized spacial score (nSPS) is 11.7. The van der Waals surface area contributed by atoms with E-state index in [1.54, 1.807) is 23.5 Å². The molecule has 0 aliphatic heterocycles. The topological polar surface area (TPSA) is 51.1 Å². The third-order valence-electron chi connectivity index (χ3n) is 7.42. The monoisotopic (exact) mass is 622 g/mol. The highest BCUT2D eigenvalue weighted by Crippen LogP contribution is 2.24. The van der Waals surface area contributed by atoms with Crippen LogP contribution in [0.5, 0.6) is 6.01 Å². The van der Waals surface area contributed by atoms with Gasteiger partial charge in [0.25, 0.3) is 0 Å². The highest BCUT2D eigenvalue weighted by Gasteiger charge is 2.09. The number of hydrogen-bond donors (Lipinski definition) is 0. The third kappa shape index (κ3) is 25.7. The van der Waals surface area contributed by atoms with Crippen LogP contribution in [0.25, 0.3) is 0 Å². The van der Waals surface area contributed by atoms with Crippen LogP contribution >= 0.6 is 23.5 Å². The molecule has 0 N–H and O–H groups in total. The van der Waals surface area contributed by atoms with Crippen LogP contribution in [0.4, 0.5) is 0 Å². The standard InChI is InChI=1S/C35H66N4OS2/c1-5-7-9-11-13-14-15-16-17-18-19-20-21-23-25-27-32-42-35-37-33(40-30-28-29-39(3)4)36-34(38-35)41-31-26-24-22-12-10-8-6-2/h16-17H,5-15,18-32H2,1-4H3/b17-16-. The average Bonchev–Trinajstić information content (AvgIpc) is 2.98. The molecule has 0 aromatic carbocycles. The molecule has 5 nitrogen and oxygen atoms in total. The SMILES string of the molecule is CCCCCCCC/C=C\CCCCCCCCSc1nc(OCCCN(C)C)nc(SCCCCCCCCC)n1. The first-order valence-corrected chi connectivity index (χ1v) is 19.6. The highest BCUT2D eigenvalue weighted by atomic mass is 32.2. The summed E-state index contributed by atoms with van der Waals surface area (Å²) in [6, 6.07) is 0.495. The Morgan fingerprint density at radius 2 is 0.976 bits per heavy atom. The first-order valence-electron chi connectivity index (χ1n) is 17.6. The molecular weight excluding hydrogens is 557 g/mol. The Morgan fingerprint density at radius 1 is 0.548 bits per heavy atom. The number of rotatable bonds is 31. The first kappa shape index (κ1) is 39.2. The van der Waals surface area contributed by atoms with Gasteiger partial charge in [0.15, 0.2) is 10.3 Å². The van der Waals surface area contributed by atoms with E-state index in [4.69, 9.17) is 9.72 Å². The van der Waals surface area contributed by atoms with Crippen LogP contribution in [0.3, 0.4) is 0 Å². The smallest absolute Gasteiger partial charge is 0.321 e. The summed E-state index contributed by atoms with van der Waals surface area (Å²) < 4.78 is 5.94. The number of nitrogens with zero attached hydrogens (tertiary/aromatic N) is 4. The molecule has 1 aromatic rings. The molecule has 0 aliphatic carbocycles. The quantitative estimate of drug-likeness (QED) is 0.0464. The van der Waals surface area contributed by atoms with Crippen molar-refractivity contribution < 1.29 is 4.74 Å². The Morgan fingerprint density at radius 3 is 1.43 bits per heavy atom. The van der Waals surface area contributed by atoms with Crippen molar-refractivity contribution in [2.75, 3.05) is 38.8 Å². The van der Waals surface area contributed by atoms with E-state index in [1.807, 2.05) is 0 Å². The summed E-state index contributed by atoms with van der Waals surface area (Å²) in [5.74, 6) is 2.13. The van der Waals surface area contributed by atoms with Crippen molar-refractivity contribution in [3.05, 3.63) is 12.2 Å². The molecule has 1 rings (SSSR count). The second-order valence-corrected chi connectivity index (χ2v) is 14.1. The van der Waals surface area contributed by atoms with Gasteiger partial charge in [0.05, 0.1) is 6.61 Å². The molecule has 0 fully saturated rings. The maximum absolute atomic E-state index is 5.94. The van der Waals surface area contributed by atoms with Gasteiger partial charge in [-0.1, -0.05) is 146 Å². The van der Waals surface area contributed by atoms with Crippen LogP contribution in [-0.2, 0) is 0 Å². The number of allylic oxidation sites excluding steroid dienone is 2. The van der Waals surface area contributed by atoms with E-state index in [2.05, 4.69) is 55.0 Å². The summed E-state index contributed by atoms with van der Waals surface area (Å²) in [7, 11) is 4.18. The fourth-order valence-corrected chi connectivity index (χ4v) is 6.50. The molecule has 0 saturated carbocycles. The van der Waals surface area contributed by atoms with Gasteiger partial charge in [0.2, 0.25) is 0 Å². The van der Waals surface area contributed by atoms with Gasteiger partial charge in [-0.2, -0.15) is 15.0 Å². The van der Waals surface area contributed by atoms with Crippen LogP contribution in [0.1, 0.15) is 155 Å². The minimum Gasteiger partial charge on any atom is -0.463 e. The van der Waals surface area contributed by atoms with Crippen LogP contribution in [0.15, 0.2) is 22.5 Å². The minimum atomic E-state index is 0.495. The molecule has 0 atom stereocenters.